The molecule has 0 aliphatic rings. The van der Waals surface area contributed by atoms with E-state index < -0.39 is 0 Å². The lowest BCUT2D eigenvalue weighted by atomic mass is 10.2. The van der Waals surface area contributed by atoms with E-state index in [1.165, 1.54) is 5.56 Å². The molecule has 0 aromatic heterocycles. The molecule has 0 heterocycles. The monoisotopic (exact) mass is 311 g/mol. The van der Waals surface area contributed by atoms with Crippen molar-refractivity contribution < 1.29 is 9.53 Å². The Morgan fingerprint density at radius 1 is 1.13 bits per heavy atom. The second-order valence-electron chi connectivity index (χ2n) is 5.38. The number of amides is 1. The van der Waals surface area contributed by atoms with Crippen LogP contribution in [0.25, 0.3) is 0 Å². The quantitative estimate of drug-likeness (QED) is 0.659. The average Bonchev–Trinajstić information content (AvgIpc) is 2.55. The Labute approximate surface area is 136 Å². The molecule has 2 rings (SSSR count). The number of ether oxygens (including phenoxy) is 1. The van der Waals surface area contributed by atoms with Crippen LogP contribution >= 0.6 is 0 Å². The lowest BCUT2D eigenvalue weighted by molar-refractivity contribution is -0.123. The average molecular weight is 311 g/mol. The van der Waals surface area contributed by atoms with E-state index in [1.54, 1.807) is 6.21 Å². The van der Waals surface area contributed by atoms with Gasteiger partial charge in [0.25, 0.3) is 5.91 Å². The van der Waals surface area contributed by atoms with Crippen molar-refractivity contribution in [1.29, 1.82) is 0 Å². The Balaban J connectivity index is 1.77. The molecule has 0 saturated heterocycles. The first-order valence-electron chi connectivity index (χ1n) is 7.33. The van der Waals surface area contributed by atoms with Crippen molar-refractivity contribution >= 4 is 17.8 Å². The Bertz CT molecular complexity index is 662. The molecule has 1 amide bonds. The molecule has 2 aromatic rings. The lowest BCUT2D eigenvalue weighted by Crippen LogP contribution is -2.24. The normalized spacial score (nSPS) is 10.6. The van der Waals surface area contributed by atoms with Gasteiger partial charge in [-0.3, -0.25) is 4.79 Å². The lowest BCUT2D eigenvalue weighted by Gasteiger charge is -2.12. The van der Waals surface area contributed by atoms with Crippen LogP contribution in [-0.4, -0.2) is 32.8 Å². The van der Waals surface area contributed by atoms with Crippen LogP contribution in [0.4, 0.5) is 5.69 Å². The van der Waals surface area contributed by atoms with Gasteiger partial charge in [0.05, 0.1) is 6.21 Å². The third-order valence-electron chi connectivity index (χ3n) is 3.20. The van der Waals surface area contributed by atoms with E-state index in [9.17, 15) is 4.79 Å². The van der Waals surface area contributed by atoms with Crippen molar-refractivity contribution in [1.82, 2.24) is 5.43 Å². The van der Waals surface area contributed by atoms with Crippen LogP contribution in [0.15, 0.2) is 53.6 Å². The van der Waals surface area contributed by atoms with Gasteiger partial charge in [0.15, 0.2) is 6.61 Å². The van der Waals surface area contributed by atoms with Gasteiger partial charge < -0.3 is 9.64 Å². The number of hydrogen-bond donors (Lipinski definition) is 1. The maximum atomic E-state index is 11.7. The van der Waals surface area contributed by atoms with Gasteiger partial charge >= 0.3 is 0 Å². The molecule has 0 spiro atoms. The van der Waals surface area contributed by atoms with Crippen LogP contribution in [0, 0.1) is 6.92 Å². The van der Waals surface area contributed by atoms with E-state index in [2.05, 4.69) is 10.5 Å². The molecule has 0 unspecified atom stereocenters. The molecule has 0 fully saturated rings. The second kappa shape index (κ2) is 7.98. The van der Waals surface area contributed by atoms with Crippen molar-refractivity contribution in [2.24, 2.45) is 5.10 Å². The molecule has 5 nitrogen and oxygen atoms in total. The van der Waals surface area contributed by atoms with Crippen molar-refractivity contribution in [2.45, 2.75) is 6.92 Å². The van der Waals surface area contributed by atoms with Gasteiger partial charge in [-0.1, -0.05) is 29.8 Å². The number of carbonyl (C=O) groups is 1. The summed E-state index contributed by atoms with van der Waals surface area (Å²) in [5.74, 6) is 0.346. The molecule has 0 radical (unpaired) electrons. The Morgan fingerprint density at radius 2 is 1.78 bits per heavy atom. The molecule has 0 aliphatic heterocycles. The highest BCUT2D eigenvalue weighted by Gasteiger charge is 2.02. The fourth-order valence-electron chi connectivity index (χ4n) is 1.85. The van der Waals surface area contributed by atoms with E-state index in [0.29, 0.717) is 5.75 Å². The number of rotatable bonds is 6. The largest absolute Gasteiger partial charge is 0.484 e. The molecule has 1 N–H and O–H groups in total. The van der Waals surface area contributed by atoms with Crippen molar-refractivity contribution in [3.05, 3.63) is 59.7 Å². The van der Waals surface area contributed by atoms with Crippen LogP contribution in [0.5, 0.6) is 5.75 Å². The number of carbonyl (C=O) groups excluding carboxylic acids is 1. The van der Waals surface area contributed by atoms with Crippen LogP contribution in [0.3, 0.4) is 0 Å². The summed E-state index contributed by atoms with van der Waals surface area (Å²) < 4.78 is 5.42. The van der Waals surface area contributed by atoms with Crippen LogP contribution in [0.2, 0.25) is 0 Å². The molecule has 2 aromatic carbocycles. The van der Waals surface area contributed by atoms with Gasteiger partial charge in [-0.15, -0.1) is 0 Å². The third-order valence-corrected chi connectivity index (χ3v) is 3.20. The highest BCUT2D eigenvalue weighted by atomic mass is 16.5. The highest BCUT2D eigenvalue weighted by molar-refractivity contribution is 5.82. The SMILES string of the molecule is Cc1ccc(/C=N\NC(=O)COc2ccc(N(C)C)cc2)cc1. The van der Waals surface area contributed by atoms with Gasteiger partial charge in [0.1, 0.15) is 5.75 Å². The zero-order chi connectivity index (χ0) is 16.7. The number of hydrogen-bond acceptors (Lipinski definition) is 4. The third kappa shape index (κ3) is 5.47. The van der Waals surface area contributed by atoms with E-state index in [-0.39, 0.29) is 12.5 Å². The topological polar surface area (TPSA) is 53.9 Å². The molecular weight excluding hydrogens is 290 g/mol. The van der Waals surface area contributed by atoms with Gasteiger partial charge in [-0.05, 0) is 36.8 Å². The van der Waals surface area contributed by atoms with Crippen LogP contribution < -0.4 is 15.1 Å². The highest BCUT2D eigenvalue weighted by Crippen LogP contribution is 2.17. The number of aryl methyl sites for hydroxylation is 1. The van der Waals surface area contributed by atoms with E-state index in [1.807, 2.05) is 74.4 Å². The minimum absolute atomic E-state index is 0.0768. The number of nitrogens with zero attached hydrogens (tertiary/aromatic N) is 2. The minimum Gasteiger partial charge on any atom is -0.484 e. The summed E-state index contributed by atoms with van der Waals surface area (Å²) in [6.07, 6.45) is 1.60. The predicted octanol–water partition coefficient (Wildman–Crippen LogP) is 2.59. The number of anilines is 1. The first kappa shape index (κ1) is 16.5. The summed E-state index contributed by atoms with van der Waals surface area (Å²) >= 11 is 0. The minimum atomic E-state index is -0.301. The Kier molecular flexibility index (Phi) is 5.74. The number of hydrazone groups is 1. The summed E-state index contributed by atoms with van der Waals surface area (Å²) in [7, 11) is 3.94. The zero-order valence-electron chi connectivity index (χ0n) is 13.6. The summed E-state index contributed by atoms with van der Waals surface area (Å²) in [6, 6.07) is 15.4. The maximum absolute atomic E-state index is 11.7. The zero-order valence-corrected chi connectivity index (χ0v) is 13.6. The molecule has 0 bridgehead atoms. The summed E-state index contributed by atoms with van der Waals surface area (Å²) in [5, 5.41) is 3.91. The fourth-order valence-corrected chi connectivity index (χ4v) is 1.85. The van der Waals surface area contributed by atoms with Gasteiger partial charge in [0, 0.05) is 19.8 Å². The van der Waals surface area contributed by atoms with Crippen LogP contribution in [-0.2, 0) is 4.79 Å². The van der Waals surface area contributed by atoms with Crippen LogP contribution in [0.1, 0.15) is 11.1 Å². The summed E-state index contributed by atoms with van der Waals surface area (Å²) in [4.78, 5) is 13.7. The molecule has 0 atom stereocenters. The number of benzene rings is 2. The van der Waals surface area contributed by atoms with Crippen molar-refractivity contribution in [3.8, 4) is 5.75 Å². The smallest absolute Gasteiger partial charge is 0.277 e. The Hall–Kier alpha value is -2.82. The molecule has 0 aliphatic carbocycles. The van der Waals surface area contributed by atoms with Crippen molar-refractivity contribution in [2.75, 3.05) is 25.6 Å². The Morgan fingerprint density at radius 3 is 2.39 bits per heavy atom. The fraction of sp³-hybridized carbons (Fsp3) is 0.222. The molecule has 0 saturated carbocycles. The maximum Gasteiger partial charge on any atom is 0.277 e. The van der Waals surface area contributed by atoms with E-state index >= 15 is 0 Å². The molecule has 120 valence electrons. The number of nitrogens with one attached hydrogen (secondary N) is 1. The summed E-state index contributed by atoms with van der Waals surface area (Å²) in [5.41, 5.74) is 5.62. The standard InChI is InChI=1S/C18H21N3O2/c1-14-4-6-15(7-5-14)12-19-20-18(22)13-23-17-10-8-16(9-11-17)21(2)3/h4-12H,13H2,1-3H3,(H,20,22)/b19-12-. The van der Waals surface area contributed by atoms with E-state index in [4.69, 9.17) is 4.74 Å². The van der Waals surface area contributed by atoms with Gasteiger partial charge in [-0.25, -0.2) is 5.43 Å². The molecule has 5 heteroatoms. The van der Waals surface area contributed by atoms with Gasteiger partial charge in [-0.2, -0.15) is 5.10 Å². The second-order valence-corrected chi connectivity index (χ2v) is 5.38. The first-order chi connectivity index (χ1) is 11.0. The predicted molar refractivity (Wildman–Crippen MR) is 93.2 cm³/mol. The summed E-state index contributed by atoms with van der Waals surface area (Å²) in [6.45, 7) is 1.94. The van der Waals surface area contributed by atoms with Crippen molar-refractivity contribution in [3.63, 3.8) is 0 Å². The molecule has 23 heavy (non-hydrogen) atoms. The first-order valence-corrected chi connectivity index (χ1v) is 7.33. The van der Waals surface area contributed by atoms with Gasteiger partial charge in [0.2, 0.25) is 0 Å². The molecular formula is C18H21N3O2. The van der Waals surface area contributed by atoms with E-state index in [0.717, 1.165) is 11.3 Å².